The first-order valence-corrected chi connectivity index (χ1v) is 8.05. The highest BCUT2D eigenvalue weighted by Crippen LogP contribution is 2.33. The number of amides is 1. The minimum absolute atomic E-state index is 0.0199. The Labute approximate surface area is 151 Å². The summed E-state index contributed by atoms with van der Waals surface area (Å²) in [5, 5.41) is 6.26. The molecule has 1 atom stereocenters. The Bertz CT molecular complexity index is 965. The third-order valence-electron chi connectivity index (χ3n) is 3.97. The summed E-state index contributed by atoms with van der Waals surface area (Å²) in [5.41, 5.74) is 0.405. The van der Waals surface area contributed by atoms with Crippen LogP contribution in [-0.2, 0) is 0 Å². The van der Waals surface area contributed by atoms with E-state index in [-0.39, 0.29) is 22.8 Å². The number of aromatic nitrogens is 2. The van der Waals surface area contributed by atoms with Gasteiger partial charge in [-0.05, 0) is 29.7 Å². The van der Waals surface area contributed by atoms with Crippen molar-refractivity contribution in [2.24, 2.45) is 0 Å². The number of hydrogen-bond donors (Lipinski definition) is 1. The number of alkyl halides is 3. The molecule has 0 saturated carbocycles. The molecule has 0 radical (unpaired) electrons. The highest BCUT2D eigenvalue weighted by Gasteiger charge is 2.42. The van der Waals surface area contributed by atoms with E-state index in [0.717, 1.165) is 30.5 Å². The van der Waals surface area contributed by atoms with E-state index < -0.39 is 23.9 Å². The van der Waals surface area contributed by atoms with Gasteiger partial charge in [-0.25, -0.2) is 9.37 Å². The molecule has 0 fully saturated rings. The van der Waals surface area contributed by atoms with Gasteiger partial charge >= 0.3 is 6.18 Å². The van der Waals surface area contributed by atoms with Crippen molar-refractivity contribution >= 4 is 17.0 Å². The SMILES string of the molecule is CC(C)c1noc2ncc(C(=O)NC(c3ccc(F)cc3)C(F)(F)F)cc12. The van der Waals surface area contributed by atoms with Crippen molar-refractivity contribution < 1.29 is 26.9 Å². The van der Waals surface area contributed by atoms with Gasteiger partial charge in [-0.1, -0.05) is 31.1 Å². The molecule has 142 valence electrons. The van der Waals surface area contributed by atoms with Crippen LogP contribution in [0, 0.1) is 5.82 Å². The summed E-state index contributed by atoms with van der Waals surface area (Å²) in [7, 11) is 0. The molecular formula is C18H15F4N3O2. The van der Waals surface area contributed by atoms with E-state index >= 15 is 0 Å². The molecule has 0 saturated heterocycles. The summed E-state index contributed by atoms with van der Waals surface area (Å²) in [6.07, 6.45) is -3.64. The van der Waals surface area contributed by atoms with Crippen LogP contribution >= 0.6 is 0 Å². The van der Waals surface area contributed by atoms with Gasteiger partial charge in [-0.3, -0.25) is 4.79 Å². The Balaban J connectivity index is 1.92. The number of hydrogen-bond acceptors (Lipinski definition) is 4. The smallest absolute Gasteiger partial charge is 0.337 e. The summed E-state index contributed by atoms with van der Waals surface area (Å²) in [5.74, 6) is -1.66. The Kier molecular flexibility index (Phi) is 4.86. The summed E-state index contributed by atoms with van der Waals surface area (Å²) in [6, 6.07) is 2.87. The van der Waals surface area contributed by atoms with Gasteiger partial charge in [-0.15, -0.1) is 0 Å². The monoisotopic (exact) mass is 381 g/mol. The molecule has 3 rings (SSSR count). The molecular weight excluding hydrogens is 366 g/mol. The largest absolute Gasteiger partial charge is 0.412 e. The number of rotatable bonds is 4. The van der Waals surface area contributed by atoms with Gasteiger partial charge in [0.1, 0.15) is 5.82 Å². The highest BCUT2D eigenvalue weighted by molar-refractivity contribution is 5.97. The van der Waals surface area contributed by atoms with Crippen LogP contribution in [-0.4, -0.2) is 22.2 Å². The van der Waals surface area contributed by atoms with E-state index in [4.69, 9.17) is 4.52 Å². The first kappa shape index (κ1) is 18.8. The minimum Gasteiger partial charge on any atom is -0.337 e. The molecule has 5 nitrogen and oxygen atoms in total. The fourth-order valence-electron chi connectivity index (χ4n) is 2.61. The number of nitrogens with zero attached hydrogens (tertiary/aromatic N) is 2. The molecule has 1 aromatic carbocycles. The standard InChI is InChI=1S/C18H15F4N3O2/c1-9(2)14-13-7-11(8-23-17(13)27-25-14)16(26)24-15(18(20,21)22)10-3-5-12(19)6-4-10/h3-9,15H,1-2H3,(H,24,26). The molecule has 1 amide bonds. The lowest BCUT2D eigenvalue weighted by Crippen LogP contribution is -2.38. The average molecular weight is 381 g/mol. The number of fused-ring (bicyclic) bond motifs is 1. The molecule has 3 aromatic rings. The van der Waals surface area contributed by atoms with Crippen molar-refractivity contribution in [1.82, 2.24) is 15.5 Å². The molecule has 0 aliphatic heterocycles. The molecule has 0 aliphatic carbocycles. The van der Waals surface area contributed by atoms with Crippen LogP contribution < -0.4 is 5.32 Å². The zero-order chi connectivity index (χ0) is 19.8. The molecule has 2 aromatic heterocycles. The second kappa shape index (κ2) is 6.98. The topological polar surface area (TPSA) is 68.0 Å². The summed E-state index contributed by atoms with van der Waals surface area (Å²) < 4.78 is 58.3. The van der Waals surface area contributed by atoms with Gasteiger partial charge in [0.25, 0.3) is 11.6 Å². The lowest BCUT2D eigenvalue weighted by Gasteiger charge is -2.22. The maximum Gasteiger partial charge on any atom is 0.412 e. The highest BCUT2D eigenvalue weighted by atomic mass is 19.4. The normalized spacial score (nSPS) is 13.1. The van der Waals surface area contributed by atoms with Crippen LogP contribution in [0.1, 0.15) is 47.4 Å². The number of pyridine rings is 1. The lowest BCUT2D eigenvalue weighted by atomic mass is 10.0. The predicted octanol–water partition coefficient (Wildman–Crippen LogP) is 4.52. The molecule has 0 bridgehead atoms. The van der Waals surface area contributed by atoms with Gasteiger partial charge in [0.2, 0.25) is 0 Å². The van der Waals surface area contributed by atoms with E-state index in [1.807, 2.05) is 19.2 Å². The van der Waals surface area contributed by atoms with Crippen molar-refractivity contribution in [2.45, 2.75) is 32.0 Å². The van der Waals surface area contributed by atoms with Gasteiger partial charge in [-0.2, -0.15) is 13.2 Å². The third kappa shape index (κ3) is 3.91. The Morgan fingerprint density at radius 3 is 2.44 bits per heavy atom. The number of benzene rings is 1. The van der Waals surface area contributed by atoms with Crippen LogP contribution in [0.5, 0.6) is 0 Å². The van der Waals surface area contributed by atoms with E-state index in [0.29, 0.717) is 11.1 Å². The lowest BCUT2D eigenvalue weighted by molar-refractivity contribution is -0.155. The molecule has 1 N–H and O–H groups in total. The van der Waals surface area contributed by atoms with Crippen LogP contribution in [0.2, 0.25) is 0 Å². The van der Waals surface area contributed by atoms with E-state index in [1.54, 1.807) is 0 Å². The Morgan fingerprint density at radius 1 is 1.19 bits per heavy atom. The van der Waals surface area contributed by atoms with Crippen molar-refractivity contribution in [1.29, 1.82) is 0 Å². The summed E-state index contributed by atoms with van der Waals surface area (Å²) in [4.78, 5) is 16.4. The van der Waals surface area contributed by atoms with Crippen molar-refractivity contribution in [3.8, 4) is 0 Å². The van der Waals surface area contributed by atoms with Crippen LogP contribution in [0.25, 0.3) is 11.1 Å². The number of nitrogens with one attached hydrogen (secondary N) is 1. The third-order valence-corrected chi connectivity index (χ3v) is 3.97. The second-order valence-electron chi connectivity index (χ2n) is 6.30. The van der Waals surface area contributed by atoms with Gasteiger partial charge in [0.05, 0.1) is 16.6 Å². The van der Waals surface area contributed by atoms with Crippen molar-refractivity contribution in [3.63, 3.8) is 0 Å². The number of carbonyl (C=O) groups is 1. The molecule has 9 heteroatoms. The fourth-order valence-corrected chi connectivity index (χ4v) is 2.61. The van der Waals surface area contributed by atoms with Crippen LogP contribution in [0.15, 0.2) is 41.1 Å². The average Bonchev–Trinajstić information content (AvgIpc) is 3.03. The summed E-state index contributed by atoms with van der Waals surface area (Å²) in [6.45, 7) is 3.72. The van der Waals surface area contributed by atoms with Gasteiger partial charge in [0, 0.05) is 6.20 Å². The Hall–Kier alpha value is -2.97. The van der Waals surface area contributed by atoms with Crippen LogP contribution in [0.3, 0.4) is 0 Å². The van der Waals surface area contributed by atoms with E-state index in [1.165, 1.54) is 6.07 Å². The van der Waals surface area contributed by atoms with E-state index in [9.17, 15) is 22.4 Å². The zero-order valence-corrected chi connectivity index (χ0v) is 14.3. The fraction of sp³-hybridized carbons (Fsp3) is 0.278. The predicted molar refractivity (Wildman–Crippen MR) is 88.6 cm³/mol. The zero-order valence-electron chi connectivity index (χ0n) is 14.3. The quantitative estimate of drug-likeness (QED) is 0.675. The number of halogens is 4. The Morgan fingerprint density at radius 2 is 1.85 bits per heavy atom. The van der Waals surface area contributed by atoms with Crippen molar-refractivity contribution in [3.05, 3.63) is 59.2 Å². The molecule has 0 aliphatic rings. The molecule has 27 heavy (non-hydrogen) atoms. The van der Waals surface area contributed by atoms with Crippen molar-refractivity contribution in [2.75, 3.05) is 0 Å². The maximum absolute atomic E-state index is 13.4. The second-order valence-corrected chi connectivity index (χ2v) is 6.30. The van der Waals surface area contributed by atoms with Gasteiger partial charge in [0.15, 0.2) is 6.04 Å². The molecule has 0 spiro atoms. The van der Waals surface area contributed by atoms with Gasteiger partial charge < -0.3 is 9.84 Å². The maximum atomic E-state index is 13.4. The minimum atomic E-state index is -4.76. The number of carbonyl (C=O) groups excluding carboxylic acids is 1. The van der Waals surface area contributed by atoms with Crippen LogP contribution in [0.4, 0.5) is 17.6 Å². The van der Waals surface area contributed by atoms with E-state index in [2.05, 4.69) is 10.1 Å². The first-order chi connectivity index (χ1) is 12.7. The molecule has 2 heterocycles. The summed E-state index contributed by atoms with van der Waals surface area (Å²) >= 11 is 0. The first-order valence-electron chi connectivity index (χ1n) is 8.05. The molecule has 1 unspecified atom stereocenters.